The van der Waals surface area contributed by atoms with E-state index >= 15 is 0 Å². The van der Waals surface area contributed by atoms with Crippen molar-refractivity contribution < 1.29 is 9.53 Å². The van der Waals surface area contributed by atoms with E-state index in [-0.39, 0.29) is 6.09 Å². The summed E-state index contributed by atoms with van der Waals surface area (Å²) in [5, 5.41) is 6.51. The molecular weight excluding hydrogens is 288 g/mol. The maximum Gasteiger partial charge on any atom is 0.407 e. The first-order valence-corrected chi connectivity index (χ1v) is 8.71. The van der Waals surface area contributed by atoms with E-state index in [4.69, 9.17) is 4.74 Å². The van der Waals surface area contributed by atoms with Gasteiger partial charge in [0.25, 0.3) is 0 Å². The fourth-order valence-corrected chi connectivity index (χ4v) is 3.90. The van der Waals surface area contributed by atoms with Crippen LogP contribution in [0.5, 0.6) is 0 Å². The van der Waals surface area contributed by atoms with Crippen molar-refractivity contribution in [3.8, 4) is 0 Å². The van der Waals surface area contributed by atoms with Crippen molar-refractivity contribution in [2.24, 2.45) is 11.8 Å². The number of fused-ring (bicyclic) bond motifs is 2. The number of alkyl carbamates (subject to hydrolysis) is 1. The monoisotopic (exact) mass is 316 g/mol. The molecule has 0 heterocycles. The van der Waals surface area contributed by atoms with Crippen LogP contribution in [0.3, 0.4) is 0 Å². The van der Waals surface area contributed by atoms with E-state index in [1.807, 2.05) is 32.9 Å². The van der Waals surface area contributed by atoms with Gasteiger partial charge in [0.15, 0.2) is 0 Å². The molecule has 0 spiro atoms. The molecule has 3 atom stereocenters. The highest BCUT2D eigenvalue weighted by atomic mass is 16.6. The molecule has 4 heteroatoms. The van der Waals surface area contributed by atoms with Gasteiger partial charge in [0.1, 0.15) is 5.60 Å². The largest absolute Gasteiger partial charge is 0.444 e. The number of ether oxygens (including phenoxy) is 1. The third-order valence-electron chi connectivity index (χ3n) is 4.85. The summed E-state index contributed by atoms with van der Waals surface area (Å²) in [6, 6.07) is 8.94. The van der Waals surface area contributed by atoms with Crippen LogP contribution in [0.25, 0.3) is 0 Å². The van der Waals surface area contributed by atoms with Gasteiger partial charge in [-0.05, 0) is 69.6 Å². The smallest absolute Gasteiger partial charge is 0.407 e. The van der Waals surface area contributed by atoms with Crippen LogP contribution >= 0.6 is 0 Å². The topological polar surface area (TPSA) is 50.4 Å². The Morgan fingerprint density at radius 3 is 2.74 bits per heavy atom. The van der Waals surface area contributed by atoms with Crippen molar-refractivity contribution in [1.82, 2.24) is 5.32 Å². The Balaban J connectivity index is 1.52. The van der Waals surface area contributed by atoms with Gasteiger partial charge in [-0.15, -0.1) is 0 Å². The van der Waals surface area contributed by atoms with Crippen molar-refractivity contribution in [1.29, 1.82) is 0 Å². The first-order chi connectivity index (χ1) is 10.9. The summed E-state index contributed by atoms with van der Waals surface area (Å²) < 4.78 is 5.27. The minimum Gasteiger partial charge on any atom is -0.444 e. The number of anilines is 1. The number of hydrogen-bond acceptors (Lipinski definition) is 3. The minimum atomic E-state index is -0.463. The average Bonchev–Trinajstić information content (AvgIpc) is 3.06. The van der Waals surface area contributed by atoms with Gasteiger partial charge in [-0.1, -0.05) is 18.6 Å². The molecule has 3 unspecified atom stereocenters. The summed E-state index contributed by atoms with van der Waals surface area (Å²) in [4.78, 5) is 11.7. The van der Waals surface area contributed by atoms with E-state index in [1.54, 1.807) is 0 Å². The van der Waals surface area contributed by atoms with Gasteiger partial charge in [-0.25, -0.2) is 4.79 Å². The van der Waals surface area contributed by atoms with Gasteiger partial charge < -0.3 is 15.4 Å². The van der Waals surface area contributed by atoms with E-state index in [1.165, 1.54) is 25.7 Å². The number of nitrogens with one attached hydrogen (secondary N) is 2. The maximum absolute atomic E-state index is 11.7. The molecule has 1 aromatic rings. The Bertz CT molecular complexity index is 565. The summed E-state index contributed by atoms with van der Waals surface area (Å²) >= 11 is 0. The molecule has 2 saturated carbocycles. The van der Waals surface area contributed by atoms with Crippen molar-refractivity contribution in [2.75, 3.05) is 5.32 Å². The molecule has 1 aromatic carbocycles. The van der Waals surface area contributed by atoms with Gasteiger partial charge in [0.2, 0.25) is 0 Å². The molecular formula is C19H28N2O2. The molecule has 126 valence electrons. The zero-order chi connectivity index (χ0) is 16.4. The van der Waals surface area contributed by atoms with Crippen LogP contribution in [0.4, 0.5) is 10.5 Å². The quantitative estimate of drug-likeness (QED) is 0.870. The van der Waals surface area contributed by atoms with Crippen molar-refractivity contribution in [3.05, 3.63) is 29.8 Å². The number of carbonyl (C=O) groups excluding carboxylic acids is 1. The van der Waals surface area contributed by atoms with Gasteiger partial charge in [-0.3, -0.25) is 0 Å². The molecule has 0 aliphatic heterocycles. The van der Waals surface area contributed by atoms with Crippen LogP contribution < -0.4 is 10.6 Å². The van der Waals surface area contributed by atoms with Crippen LogP contribution in [0.15, 0.2) is 24.3 Å². The Morgan fingerprint density at radius 1 is 1.26 bits per heavy atom. The fraction of sp³-hybridized carbons (Fsp3) is 0.632. The molecule has 3 rings (SSSR count). The van der Waals surface area contributed by atoms with Gasteiger partial charge in [0, 0.05) is 18.3 Å². The first kappa shape index (κ1) is 16.2. The van der Waals surface area contributed by atoms with Gasteiger partial charge >= 0.3 is 6.09 Å². The van der Waals surface area contributed by atoms with Crippen molar-refractivity contribution in [2.45, 2.75) is 64.6 Å². The number of carbonyl (C=O) groups is 1. The zero-order valence-corrected chi connectivity index (χ0v) is 14.4. The van der Waals surface area contributed by atoms with Crippen molar-refractivity contribution in [3.63, 3.8) is 0 Å². The SMILES string of the molecule is CC(C)(C)OC(=O)NCc1cccc(NC2CC3CCC2C3)c1. The molecule has 23 heavy (non-hydrogen) atoms. The Hall–Kier alpha value is -1.71. The molecule has 2 fully saturated rings. The third kappa shape index (κ3) is 4.40. The highest BCUT2D eigenvalue weighted by Gasteiger charge is 2.39. The number of rotatable bonds is 4. The van der Waals surface area contributed by atoms with Crippen LogP contribution in [0.2, 0.25) is 0 Å². The normalized spacial score (nSPS) is 26.1. The molecule has 0 saturated heterocycles. The molecule has 0 aromatic heterocycles. The lowest BCUT2D eigenvalue weighted by Crippen LogP contribution is -2.32. The summed E-state index contributed by atoms with van der Waals surface area (Å²) in [6.45, 7) is 6.09. The second-order valence-corrected chi connectivity index (χ2v) is 7.98. The van der Waals surface area contributed by atoms with Gasteiger partial charge in [-0.2, -0.15) is 0 Å². The fourth-order valence-electron chi connectivity index (χ4n) is 3.90. The summed E-state index contributed by atoms with van der Waals surface area (Å²) in [5.41, 5.74) is 1.78. The van der Waals surface area contributed by atoms with E-state index in [2.05, 4.69) is 22.8 Å². The standard InChI is InChI=1S/C19H28N2O2/c1-19(2,3)23-18(22)20-12-14-5-4-6-16(10-14)21-17-11-13-7-8-15(17)9-13/h4-6,10,13,15,17,21H,7-9,11-12H2,1-3H3,(H,20,22). The third-order valence-corrected chi connectivity index (χ3v) is 4.85. The molecule has 2 bridgehead atoms. The number of amides is 1. The average molecular weight is 316 g/mol. The number of benzene rings is 1. The summed E-state index contributed by atoms with van der Waals surface area (Å²) in [5.74, 6) is 1.79. The molecule has 1 amide bonds. The molecule has 0 radical (unpaired) electrons. The zero-order valence-electron chi connectivity index (χ0n) is 14.4. The highest BCUT2D eigenvalue weighted by molar-refractivity contribution is 5.67. The Labute approximate surface area is 139 Å². The van der Waals surface area contributed by atoms with Crippen LogP contribution in [0, 0.1) is 11.8 Å². The van der Waals surface area contributed by atoms with E-state index in [0.29, 0.717) is 12.6 Å². The van der Waals surface area contributed by atoms with E-state index in [9.17, 15) is 4.79 Å². The molecule has 2 N–H and O–H groups in total. The lowest BCUT2D eigenvalue weighted by atomic mass is 9.95. The van der Waals surface area contributed by atoms with Crippen LogP contribution in [-0.2, 0) is 11.3 Å². The predicted molar refractivity (Wildman–Crippen MR) is 92.4 cm³/mol. The summed E-state index contributed by atoms with van der Waals surface area (Å²) in [6.07, 6.45) is 5.14. The molecule has 2 aliphatic carbocycles. The lowest BCUT2D eigenvalue weighted by Gasteiger charge is -2.24. The van der Waals surface area contributed by atoms with E-state index < -0.39 is 5.60 Å². The minimum absolute atomic E-state index is 0.371. The number of hydrogen-bond donors (Lipinski definition) is 2. The lowest BCUT2D eigenvalue weighted by molar-refractivity contribution is 0.0523. The Kier molecular flexibility index (Phi) is 4.51. The van der Waals surface area contributed by atoms with Crippen LogP contribution in [0.1, 0.15) is 52.0 Å². The van der Waals surface area contributed by atoms with E-state index in [0.717, 1.165) is 23.1 Å². The van der Waals surface area contributed by atoms with Gasteiger partial charge in [0.05, 0.1) is 0 Å². The van der Waals surface area contributed by atoms with Crippen molar-refractivity contribution >= 4 is 11.8 Å². The highest BCUT2D eigenvalue weighted by Crippen LogP contribution is 2.45. The maximum atomic E-state index is 11.7. The van der Waals surface area contributed by atoms with Crippen LogP contribution in [-0.4, -0.2) is 17.7 Å². The summed E-state index contributed by atoms with van der Waals surface area (Å²) in [7, 11) is 0. The predicted octanol–water partition coefficient (Wildman–Crippen LogP) is 4.31. The first-order valence-electron chi connectivity index (χ1n) is 8.71. The second kappa shape index (κ2) is 6.42. The Morgan fingerprint density at radius 2 is 2.09 bits per heavy atom. The molecule has 2 aliphatic rings. The molecule has 4 nitrogen and oxygen atoms in total. The second-order valence-electron chi connectivity index (χ2n) is 7.98.